The molecule has 0 aliphatic carbocycles. The number of methoxy groups -OCH3 is 2. The normalized spacial score (nSPS) is 14.6. The number of likely N-dealkylation sites (tertiary alicyclic amines) is 1. The first-order valence-corrected chi connectivity index (χ1v) is 10.4. The second-order valence-corrected chi connectivity index (χ2v) is 7.74. The van der Waals surface area contributed by atoms with Gasteiger partial charge in [0.05, 0.1) is 31.9 Å². The lowest BCUT2D eigenvalue weighted by molar-refractivity contribution is -0.117. The Bertz CT molecular complexity index is 887. The van der Waals surface area contributed by atoms with Crippen molar-refractivity contribution in [2.24, 2.45) is 5.92 Å². The highest BCUT2D eigenvalue weighted by molar-refractivity contribution is 5.99. The van der Waals surface area contributed by atoms with Crippen molar-refractivity contribution in [1.29, 1.82) is 0 Å². The van der Waals surface area contributed by atoms with E-state index in [1.807, 2.05) is 6.07 Å². The van der Waals surface area contributed by atoms with Crippen molar-refractivity contribution in [2.75, 3.05) is 39.2 Å². The molecule has 0 aromatic heterocycles. The number of ether oxygens (including phenoxy) is 2. The Morgan fingerprint density at radius 2 is 1.52 bits per heavy atom. The van der Waals surface area contributed by atoms with E-state index in [0.717, 1.165) is 32.4 Å². The van der Waals surface area contributed by atoms with Gasteiger partial charge in [-0.1, -0.05) is 30.3 Å². The Morgan fingerprint density at radius 3 is 2.06 bits per heavy atom. The molecule has 0 bridgehead atoms. The molecule has 1 fully saturated rings. The maximum Gasteiger partial charge on any atom is 0.337 e. The number of hydrogen-bond donors (Lipinski definition) is 1. The highest BCUT2D eigenvalue weighted by Crippen LogP contribution is 2.22. The topological polar surface area (TPSA) is 84.9 Å². The van der Waals surface area contributed by atoms with E-state index in [1.165, 1.54) is 38.0 Å². The maximum absolute atomic E-state index is 12.6. The minimum absolute atomic E-state index is 0.169. The van der Waals surface area contributed by atoms with Crippen LogP contribution in [-0.2, 0) is 20.7 Å². The van der Waals surface area contributed by atoms with E-state index in [2.05, 4.69) is 34.5 Å². The van der Waals surface area contributed by atoms with Gasteiger partial charge in [-0.3, -0.25) is 9.69 Å². The van der Waals surface area contributed by atoms with E-state index in [4.69, 9.17) is 9.47 Å². The molecule has 1 amide bonds. The molecular weight excluding hydrogens is 396 g/mol. The Morgan fingerprint density at radius 1 is 0.935 bits per heavy atom. The number of piperidine rings is 1. The number of carbonyl (C=O) groups excluding carboxylic acids is 3. The molecule has 1 aliphatic heterocycles. The van der Waals surface area contributed by atoms with Gasteiger partial charge in [-0.25, -0.2) is 9.59 Å². The van der Waals surface area contributed by atoms with Crippen LogP contribution in [0.1, 0.15) is 39.1 Å². The number of nitrogens with one attached hydrogen (secondary N) is 1. The molecule has 0 atom stereocenters. The zero-order chi connectivity index (χ0) is 22.2. The SMILES string of the molecule is COC(=O)c1cc(NC(=O)CN2CCC(Cc3ccccc3)CC2)cc(C(=O)OC)c1. The predicted molar refractivity (Wildman–Crippen MR) is 117 cm³/mol. The molecular formula is C24H28N2O5. The fourth-order valence-electron chi connectivity index (χ4n) is 3.87. The summed E-state index contributed by atoms with van der Waals surface area (Å²) < 4.78 is 9.45. The first-order valence-electron chi connectivity index (χ1n) is 10.4. The maximum atomic E-state index is 12.6. The quantitative estimate of drug-likeness (QED) is 0.688. The van der Waals surface area contributed by atoms with Crippen molar-refractivity contribution >= 4 is 23.5 Å². The molecule has 7 nitrogen and oxygen atoms in total. The predicted octanol–water partition coefficient (Wildman–Crippen LogP) is 3.15. The third-order valence-corrected chi connectivity index (χ3v) is 5.50. The number of benzene rings is 2. The Kier molecular flexibility index (Phi) is 7.78. The molecule has 0 spiro atoms. The zero-order valence-electron chi connectivity index (χ0n) is 17.9. The van der Waals surface area contributed by atoms with Crippen LogP contribution in [0.25, 0.3) is 0 Å². The van der Waals surface area contributed by atoms with E-state index in [9.17, 15) is 14.4 Å². The number of rotatable bonds is 7. The second-order valence-electron chi connectivity index (χ2n) is 7.74. The molecule has 1 aliphatic rings. The number of hydrogen-bond acceptors (Lipinski definition) is 6. The van der Waals surface area contributed by atoms with E-state index in [0.29, 0.717) is 11.6 Å². The third kappa shape index (κ3) is 6.39. The van der Waals surface area contributed by atoms with Gasteiger partial charge in [-0.15, -0.1) is 0 Å². The smallest absolute Gasteiger partial charge is 0.337 e. The summed E-state index contributed by atoms with van der Waals surface area (Å²) >= 11 is 0. The van der Waals surface area contributed by atoms with Gasteiger partial charge in [0.15, 0.2) is 0 Å². The molecule has 1 saturated heterocycles. The van der Waals surface area contributed by atoms with Crippen molar-refractivity contribution in [3.63, 3.8) is 0 Å². The van der Waals surface area contributed by atoms with Gasteiger partial charge in [0.1, 0.15) is 0 Å². The largest absolute Gasteiger partial charge is 0.465 e. The van der Waals surface area contributed by atoms with Crippen LogP contribution in [0.2, 0.25) is 0 Å². The van der Waals surface area contributed by atoms with Crippen molar-refractivity contribution in [1.82, 2.24) is 4.90 Å². The molecule has 1 heterocycles. The van der Waals surface area contributed by atoms with Gasteiger partial charge in [0.25, 0.3) is 0 Å². The second kappa shape index (κ2) is 10.7. The van der Waals surface area contributed by atoms with Gasteiger partial charge in [0.2, 0.25) is 5.91 Å². The molecule has 0 radical (unpaired) electrons. The monoisotopic (exact) mass is 424 g/mol. The standard InChI is InChI=1S/C24H28N2O5/c1-30-23(28)19-13-20(24(29)31-2)15-21(14-19)25-22(27)16-26-10-8-18(9-11-26)12-17-6-4-3-5-7-17/h3-7,13-15,18H,8-12,16H2,1-2H3,(H,25,27). The van der Waals surface area contributed by atoms with Gasteiger partial charge in [-0.2, -0.15) is 0 Å². The molecule has 0 saturated carbocycles. The molecule has 3 rings (SSSR count). The lowest BCUT2D eigenvalue weighted by Crippen LogP contribution is -2.39. The summed E-state index contributed by atoms with van der Waals surface area (Å²) in [4.78, 5) is 38.5. The minimum Gasteiger partial charge on any atom is -0.465 e. The number of amides is 1. The van der Waals surface area contributed by atoms with E-state index >= 15 is 0 Å². The summed E-state index contributed by atoms with van der Waals surface area (Å²) in [5.41, 5.74) is 2.04. The molecule has 0 unspecified atom stereocenters. The van der Waals surface area contributed by atoms with Crippen molar-refractivity contribution in [3.8, 4) is 0 Å². The first kappa shape index (κ1) is 22.5. The van der Waals surface area contributed by atoms with Crippen LogP contribution in [0.15, 0.2) is 48.5 Å². The van der Waals surface area contributed by atoms with Gasteiger partial charge < -0.3 is 14.8 Å². The molecule has 2 aromatic rings. The van der Waals surface area contributed by atoms with Gasteiger partial charge in [-0.05, 0) is 62.0 Å². The zero-order valence-corrected chi connectivity index (χ0v) is 17.9. The third-order valence-electron chi connectivity index (χ3n) is 5.50. The molecule has 31 heavy (non-hydrogen) atoms. The summed E-state index contributed by atoms with van der Waals surface area (Å²) in [6.45, 7) is 1.98. The van der Waals surface area contributed by atoms with Crippen LogP contribution in [0, 0.1) is 5.92 Å². The van der Waals surface area contributed by atoms with Crippen molar-refractivity contribution < 1.29 is 23.9 Å². The van der Waals surface area contributed by atoms with Gasteiger partial charge in [0, 0.05) is 5.69 Å². The van der Waals surface area contributed by atoms with E-state index in [-0.39, 0.29) is 23.6 Å². The Labute approximate surface area is 182 Å². The highest BCUT2D eigenvalue weighted by atomic mass is 16.5. The van der Waals surface area contributed by atoms with Crippen molar-refractivity contribution in [3.05, 3.63) is 65.2 Å². The van der Waals surface area contributed by atoms with Crippen LogP contribution < -0.4 is 5.32 Å². The molecule has 1 N–H and O–H groups in total. The summed E-state index contributed by atoms with van der Waals surface area (Å²) in [5, 5.41) is 2.78. The number of esters is 2. The summed E-state index contributed by atoms with van der Waals surface area (Å²) in [6, 6.07) is 14.8. The summed E-state index contributed by atoms with van der Waals surface area (Å²) in [6.07, 6.45) is 3.16. The fourth-order valence-corrected chi connectivity index (χ4v) is 3.87. The van der Waals surface area contributed by atoms with E-state index in [1.54, 1.807) is 0 Å². The average molecular weight is 424 g/mol. The van der Waals surface area contributed by atoms with Crippen molar-refractivity contribution in [2.45, 2.75) is 19.3 Å². The van der Waals surface area contributed by atoms with Gasteiger partial charge >= 0.3 is 11.9 Å². The van der Waals surface area contributed by atoms with Crippen LogP contribution in [0.3, 0.4) is 0 Å². The lowest BCUT2D eigenvalue weighted by atomic mass is 9.90. The van der Waals surface area contributed by atoms with Crippen LogP contribution in [0.4, 0.5) is 5.69 Å². The summed E-state index contributed by atoms with van der Waals surface area (Å²) in [7, 11) is 2.51. The minimum atomic E-state index is -0.596. The van der Waals surface area contributed by atoms with Crippen LogP contribution in [0.5, 0.6) is 0 Å². The number of carbonyl (C=O) groups is 3. The Balaban J connectivity index is 1.56. The van der Waals surface area contributed by atoms with Crippen LogP contribution in [-0.4, -0.2) is 56.6 Å². The molecule has 164 valence electrons. The molecule has 2 aromatic carbocycles. The number of nitrogens with zero attached hydrogens (tertiary/aromatic N) is 1. The van der Waals surface area contributed by atoms with E-state index < -0.39 is 11.9 Å². The average Bonchev–Trinajstić information content (AvgIpc) is 2.79. The Hall–Kier alpha value is -3.19. The number of anilines is 1. The van der Waals surface area contributed by atoms with Crippen LogP contribution >= 0.6 is 0 Å². The first-order chi connectivity index (χ1) is 15.0. The fraction of sp³-hybridized carbons (Fsp3) is 0.375. The highest BCUT2D eigenvalue weighted by Gasteiger charge is 2.22. The lowest BCUT2D eigenvalue weighted by Gasteiger charge is -2.31. The molecule has 7 heteroatoms. The summed E-state index contributed by atoms with van der Waals surface area (Å²) in [5.74, 6) is -0.760.